The number of carbonyl (C=O) groups excluding carboxylic acids is 3. The van der Waals surface area contributed by atoms with Crippen LogP contribution in [0.2, 0.25) is 6.04 Å². The molecule has 0 amide bonds. The summed E-state index contributed by atoms with van der Waals surface area (Å²) in [6, 6.07) is 3.49. The third-order valence-electron chi connectivity index (χ3n) is 3.34. The van der Waals surface area contributed by atoms with Crippen LogP contribution in [-0.2, 0) is 34.1 Å². The lowest BCUT2D eigenvalue weighted by atomic mass is 10.1. The highest BCUT2D eigenvalue weighted by Crippen LogP contribution is 2.22. The Morgan fingerprint density at radius 3 is 1.88 bits per heavy atom. The quantitative estimate of drug-likeness (QED) is 0.477. The van der Waals surface area contributed by atoms with Crippen molar-refractivity contribution < 1.29 is 36.4 Å². The van der Waals surface area contributed by atoms with Gasteiger partial charge in [-0.2, -0.15) is 0 Å². The highest BCUT2D eigenvalue weighted by atomic mass is 28.4. The average Bonchev–Trinajstić information content (AvgIpc) is 2.46. The van der Waals surface area contributed by atoms with E-state index in [1.165, 1.54) is 12.1 Å². The van der Waals surface area contributed by atoms with Crippen LogP contribution in [0.1, 0.15) is 45.6 Å². The summed E-state index contributed by atoms with van der Waals surface area (Å²) in [4.78, 5) is 34.0. The van der Waals surface area contributed by atoms with E-state index in [0.717, 1.165) is 26.8 Å². The van der Waals surface area contributed by atoms with Gasteiger partial charge in [0.05, 0.1) is 6.04 Å². The maximum atomic E-state index is 13.6. The van der Waals surface area contributed by atoms with E-state index in [-0.39, 0.29) is 6.04 Å². The van der Waals surface area contributed by atoms with Crippen LogP contribution in [0.4, 0.5) is 8.78 Å². The fourth-order valence-electron chi connectivity index (χ4n) is 2.43. The molecular formula is C17H22F2O6Si. The van der Waals surface area contributed by atoms with Crippen LogP contribution in [0.15, 0.2) is 18.2 Å². The molecule has 0 aliphatic rings. The summed E-state index contributed by atoms with van der Waals surface area (Å²) in [5, 5.41) is 0. The van der Waals surface area contributed by atoms with E-state index < -0.39 is 38.3 Å². The second-order valence-electron chi connectivity index (χ2n) is 5.76. The van der Waals surface area contributed by atoms with Crippen molar-refractivity contribution in [1.82, 2.24) is 0 Å². The predicted molar refractivity (Wildman–Crippen MR) is 89.8 cm³/mol. The summed E-state index contributed by atoms with van der Waals surface area (Å²) < 4.78 is 41.7. The smallest absolute Gasteiger partial charge is 0.455 e. The Labute approximate surface area is 151 Å². The van der Waals surface area contributed by atoms with Gasteiger partial charge in [0.1, 0.15) is 11.6 Å². The molecule has 6 nitrogen and oxygen atoms in total. The lowest BCUT2D eigenvalue weighted by Gasteiger charge is -2.26. The Bertz CT molecular complexity index is 624. The van der Waals surface area contributed by atoms with Crippen molar-refractivity contribution in [2.75, 3.05) is 0 Å². The highest BCUT2D eigenvalue weighted by molar-refractivity contribution is 6.65. The summed E-state index contributed by atoms with van der Waals surface area (Å²) >= 11 is 0. The fraction of sp³-hybridized carbons (Fsp3) is 0.471. The summed E-state index contributed by atoms with van der Waals surface area (Å²) in [7, 11) is -3.80. The zero-order chi connectivity index (χ0) is 19.7. The standard InChI is InChI=1S/C17H22F2O6Si/c1-12(20)23-26(24-13(2)21,25-14(3)22)10-6-4-5-7-15-8-9-16(18)11-17(15)19/h8-9,11H,4-7,10H2,1-3H3. The lowest BCUT2D eigenvalue weighted by Crippen LogP contribution is -2.49. The van der Waals surface area contributed by atoms with Crippen LogP contribution in [0.25, 0.3) is 0 Å². The van der Waals surface area contributed by atoms with Gasteiger partial charge in [0.15, 0.2) is 0 Å². The second kappa shape index (κ2) is 10.0. The number of aryl methyl sites for hydroxylation is 1. The average molecular weight is 388 g/mol. The van der Waals surface area contributed by atoms with Crippen LogP contribution in [0.5, 0.6) is 0 Å². The van der Waals surface area contributed by atoms with Gasteiger partial charge in [-0.25, -0.2) is 8.78 Å². The van der Waals surface area contributed by atoms with Crippen molar-refractivity contribution in [3.8, 4) is 0 Å². The molecule has 1 aromatic carbocycles. The molecule has 144 valence electrons. The first-order valence-corrected chi connectivity index (χ1v) is 10.1. The molecule has 9 heteroatoms. The number of carbonyl (C=O) groups is 3. The monoisotopic (exact) mass is 388 g/mol. The molecule has 26 heavy (non-hydrogen) atoms. The minimum Gasteiger partial charge on any atom is -0.455 e. The van der Waals surface area contributed by atoms with Gasteiger partial charge in [0.2, 0.25) is 0 Å². The first-order valence-electron chi connectivity index (χ1n) is 8.16. The molecule has 0 atom stereocenters. The predicted octanol–water partition coefficient (Wildman–Crippen LogP) is 3.31. The molecule has 0 saturated carbocycles. The zero-order valence-corrected chi connectivity index (χ0v) is 16.0. The van der Waals surface area contributed by atoms with E-state index in [0.29, 0.717) is 31.2 Å². The second-order valence-corrected chi connectivity index (χ2v) is 8.24. The Morgan fingerprint density at radius 1 is 0.885 bits per heavy atom. The number of hydrogen-bond donors (Lipinski definition) is 0. The molecule has 0 fully saturated rings. The maximum Gasteiger partial charge on any atom is 0.705 e. The zero-order valence-electron chi connectivity index (χ0n) is 15.0. The van der Waals surface area contributed by atoms with Gasteiger partial charge in [-0.15, -0.1) is 0 Å². The Kier molecular flexibility index (Phi) is 8.37. The third kappa shape index (κ3) is 7.73. The minimum atomic E-state index is -3.80. The van der Waals surface area contributed by atoms with Crippen LogP contribution in [0, 0.1) is 11.6 Å². The number of hydrogen-bond acceptors (Lipinski definition) is 6. The van der Waals surface area contributed by atoms with Crippen LogP contribution >= 0.6 is 0 Å². The molecule has 0 aliphatic heterocycles. The van der Waals surface area contributed by atoms with Crippen LogP contribution in [0.3, 0.4) is 0 Å². The molecule has 1 aromatic rings. The maximum absolute atomic E-state index is 13.6. The van der Waals surface area contributed by atoms with Gasteiger partial charge in [-0.1, -0.05) is 12.5 Å². The molecule has 0 bridgehead atoms. The molecule has 0 N–H and O–H groups in total. The number of halogens is 2. The third-order valence-corrected chi connectivity index (χ3v) is 6.10. The molecular weight excluding hydrogens is 366 g/mol. The normalized spacial score (nSPS) is 11.0. The van der Waals surface area contributed by atoms with Crippen LogP contribution in [-0.4, -0.2) is 26.7 Å². The van der Waals surface area contributed by atoms with Crippen molar-refractivity contribution in [2.45, 2.75) is 52.5 Å². The first kappa shape index (κ1) is 21.7. The Balaban J connectivity index is 2.62. The van der Waals surface area contributed by atoms with Crippen molar-refractivity contribution in [3.63, 3.8) is 0 Å². The number of rotatable bonds is 9. The van der Waals surface area contributed by atoms with Gasteiger partial charge in [-0.05, 0) is 30.9 Å². The van der Waals surface area contributed by atoms with E-state index in [9.17, 15) is 23.2 Å². The van der Waals surface area contributed by atoms with E-state index in [4.69, 9.17) is 13.3 Å². The lowest BCUT2D eigenvalue weighted by molar-refractivity contribution is -0.147. The Hall–Kier alpha value is -2.29. The molecule has 0 aliphatic carbocycles. The molecule has 0 spiro atoms. The van der Waals surface area contributed by atoms with Gasteiger partial charge in [0, 0.05) is 26.8 Å². The van der Waals surface area contributed by atoms with Gasteiger partial charge in [0.25, 0.3) is 17.9 Å². The SMILES string of the molecule is CC(=O)O[Si](CCCCCc1ccc(F)cc1F)(OC(C)=O)OC(C)=O. The Morgan fingerprint density at radius 2 is 1.42 bits per heavy atom. The first-order chi connectivity index (χ1) is 12.1. The number of unbranched alkanes of at least 4 members (excludes halogenated alkanes) is 2. The van der Waals surface area contributed by atoms with Gasteiger partial charge in [-0.3, -0.25) is 14.4 Å². The van der Waals surface area contributed by atoms with E-state index in [1.54, 1.807) is 0 Å². The van der Waals surface area contributed by atoms with E-state index in [2.05, 4.69) is 0 Å². The highest BCUT2D eigenvalue weighted by Gasteiger charge is 2.51. The minimum absolute atomic E-state index is 0.0810. The largest absolute Gasteiger partial charge is 0.705 e. The summed E-state index contributed by atoms with van der Waals surface area (Å²) in [5.41, 5.74) is 0.398. The number of benzene rings is 1. The fourth-order valence-corrected chi connectivity index (χ4v) is 4.86. The molecule has 0 aromatic heterocycles. The van der Waals surface area contributed by atoms with Crippen molar-refractivity contribution in [1.29, 1.82) is 0 Å². The molecule has 1 rings (SSSR count). The summed E-state index contributed by atoms with van der Waals surface area (Å²) in [5.74, 6) is -3.38. The van der Waals surface area contributed by atoms with Crippen LogP contribution < -0.4 is 0 Å². The van der Waals surface area contributed by atoms with Gasteiger partial charge < -0.3 is 13.3 Å². The van der Waals surface area contributed by atoms with Gasteiger partial charge >= 0.3 is 8.80 Å². The van der Waals surface area contributed by atoms with Crippen molar-refractivity contribution in [3.05, 3.63) is 35.4 Å². The topological polar surface area (TPSA) is 78.9 Å². The molecule has 0 unspecified atom stereocenters. The molecule has 0 radical (unpaired) electrons. The summed E-state index contributed by atoms with van der Waals surface area (Å²) in [6.45, 7) is 3.39. The van der Waals surface area contributed by atoms with Crippen molar-refractivity contribution >= 4 is 26.7 Å². The van der Waals surface area contributed by atoms with Crippen molar-refractivity contribution in [2.24, 2.45) is 0 Å². The summed E-state index contributed by atoms with van der Waals surface area (Å²) in [6.07, 6.45) is 1.99. The molecule has 0 saturated heterocycles. The molecule has 0 heterocycles. The van der Waals surface area contributed by atoms with E-state index in [1.807, 2.05) is 0 Å². The van der Waals surface area contributed by atoms with E-state index >= 15 is 0 Å².